The maximum absolute atomic E-state index is 10.4. The lowest BCUT2D eigenvalue weighted by atomic mass is 9.85. The van der Waals surface area contributed by atoms with E-state index in [1.807, 2.05) is 24.3 Å². The molecule has 0 bridgehead atoms. The van der Waals surface area contributed by atoms with Crippen LogP contribution in [0.5, 0.6) is 0 Å². The van der Waals surface area contributed by atoms with Crippen LogP contribution < -0.4 is 0 Å². The van der Waals surface area contributed by atoms with Crippen LogP contribution >= 0.6 is 23.2 Å². The van der Waals surface area contributed by atoms with Crippen molar-refractivity contribution in [3.63, 3.8) is 0 Å². The average molecular weight is 257 g/mol. The summed E-state index contributed by atoms with van der Waals surface area (Å²) < 4.78 is 0. The van der Waals surface area contributed by atoms with Crippen LogP contribution in [0.1, 0.15) is 24.8 Å². The minimum atomic E-state index is -0.757. The zero-order valence-electron chi connectivity index (χ0n) is 8.92. The summed E-state index contributed by atoms with van der Waals surface area (Å²) in [6, 6.07) is 5.53. The molecule has 16 heavy (non-hydrogen) atoms. The fourth-order valence-electron chi connectivity index (χ4n) is 2.07. The van der Waals surface area contributed by atoms with Gasteiger partial charge in [-0.1, -0.05) is 47.5 Å². The summed E-state index contributed by atoms with van der Waals surface area (Å²) in [5.74, 6) is 0. The number of aliphatic hydroxyl groups is 1. The fraction of sp³-hybridized carbons (Fsp3) is 0.385. The second-order valence-corrected chi connectivity index (χ2v) is 5.07. The van der Waals surface area contributed by atoms with Crippen LogP contribution in [0, 0.1) is 0 Å². The molecule has 0 radical (unpaired) electrons. The van der Waals surface area contributed by atoms with Gasteiger partial charge < -0.3 is 5.11 Å². The van der Waals surface area contributed by atoms with Gasteiger partial charge in [-0.15, -0.1) is 0 Å². The molecule has 1 nitrogen and oxygen atoms in total. The first-order valence-corrected chi connectivity index (χ1v) is 6.19. The first-order chi connectivity index (χ1) is 7.61. The van der Waals surface area contributed by atoms with E-state index in [1.165, 1.54) is 0 Å². The third kappa shape index (κ3) is 2.60. The Morgan fingerprint density at radius 3 is 2.81 bits per heavy atom. The molecule has 1 N–H and O–H groups in total. The third-order valence-corrected chi connectivity index (χ3v) is 3.79. The number of hydrogen-bond donors (Lipinski definition) is 1. The average Bonchev–Trinajstić information content (AvgIpc) is 2.26. The van der Waals surface area contributed by atoms with E-state index < -0.39 is 5.60 Å². The van der Waals surface area contributed by atoms with Gasteiger partial charge in [-0.3, -0.25) is 0 Å². The highest BCUT2D eigenvalue weighted by atomic mass is 35.5. The largest absolute Gasteiger partial charge is 0.385 e. The van der Waals surface area contributed by atoms with Crippen LogP contribution in [0.25, 0.3) is 0 Å². The van der Waals surface area contributed by atoms with Gasteiger partial charge in [0.2, 0.25) is 0 Å². The molecule has 0 saturated carbocycles. The summed E-state index contributed by atoms with van der Waals surface area (Å²) in [7, 11) is 0. The predicted molar refractivity (Wildman–Crippen MR) is 68.1 cm³/mol. The van der Waals surface area contributed by atoms with Gasteiger partial charge in [0.1, 0.15) is 0 Å². The van der Waals surface area contributed by atoms with Crippen molar-refractivity contribution in [2.75, 3.05) is 0 Å². The number of benzene rings is 1. The molecule has 2 rings (SSSR count). The summed E-state index contributed by atoms with van der Waals surface area (Å²) in [6.07, 6.45) is 7.29. The molecule has 0 heterocycles. The molecule has 1 aliphatic rings. The zero-order valence-corrected chi connectivity index (χ0v) is 10.4. The van der Waals surface area contributed by atoms with Crippen molar-refractivity contribution in [3.8, 4) is 0 Å². The van der Waals surface area contributed by atoms with Crippen LogP contribution in [-0.2, 0) is 6.42 Å². The molecule has 86 valence electrons. The van der Waals surface area contributed by atoms with Gasteiger partial charge in [0.05, 0.1) is 15.6 Å². The SMILES string of the molecule is OC1(Cc2cccc(Cl)c2Cl)C=CCCC1. The molecule has 1 aromatic carbocycles. The maximum Gasteiger partial charge on any atom is 0.0868 e. The Bertz CT molecular complexity index is 414. The standard InChI is InChI=1S/C13H14Cl2O/c14-11-6-4-5-10(12(11)15)9-13(16)7-2-1-3-8-13/h2,4-7,16H,1,3,8-9H2. The highest BCUT2D eigenvalue weighted by molar-refractivity contribution is 6.42. The van der Waals surface area contributed by atoms with E-state index in [-0.39, 0.29) is 0 Å². The summed E-state index contributed by atoms with van der Waals surface area (Å²) in [6.45, 7) is 0. The predicted octanol–water partition coefficient (Wildman–Crippen LogP) is 4.01. The minimum absolute atomic E-state index is 0.531. The normalized spacial score (nSPS) is 24.7. The molecule has 0 saturated heterocycles. The van der Waals surface area contributed by atoms with Gasteiger partial charge in [0.25, 0.3) is 0 Å². The van der Waals surface area contributed by atoms with E-state index >= 15 is 0 Å². The van der Waals surface area contributed by atoms with Crippen molar-refractivity contribution in [2.45, 2.75) is 31.3 Å². The summed E-state index contributed by atoms with van der Waals surface area (Å²) in [5.41, 5.74) is 0.148. The molecule has 0 fully saturated rings. The molecule has 1 aliphatic carbocycles. The Balaban J connectivity index is 2.23. The van der Waals surface area contributed by atoms with E-state index in [0.29, 0.717) is 16.5 Å². The van der Waals surface area contributed by atoms with E-state index in [0.717, 1.165) is 24.8 Å². The molecule has 0 aliphatic heterocycles. The van der Waals surface area contributed by atoms with Crippen molar-refractivity contribution in [1.29, 1.82) is 0 Å². The van der Waals surface area contributed by atoms with Crippen molar-refractivity contribution < 1.29 is 5.11 Å². The van der Waals surface area contributed by atoms with Gasteiger partial charge in [-0.25, -0.2) is 0 Å². The Morgan fingerprint density at radius 1 is 1.31 bits per heavy atom. The molecule has 0 amide bonds. The molecule has 1 unspecified atom stereocenters. The van der Waals surface area contributed by atoms with Crippen LogP contribution in [0.15, 0.2) is 30.4 Å². The lowest BCUT2D eigenvalue weighted by Gasteiger charge is -2.28. The van der Waals surface area contributed by atoms with E-state index in [4.69, 9.17) is 23.2 Å². The zero-order chi connectivity index (χ0) is 11.6. The lowest BCUT2D eigenvalue weighted by Crippen LogP contribution is -2.30. The van der Waals surface area contributed by atoms with E-state index in [9.17, 15) is 5.11 Å². The van der Waals surface area contributed by atoms with Gasteiger partial charge in [-0.05, 0) is 30.9 Å². The van der Waals surface area contributed by atoms with Crippen molar-refractivity contribution in [3.05, 3.63) is 46.0 Å². The summed E-state index contributed by atoms with van der Waals surface area (Å²) in [4.78, 5) is 0. The first kappa shape index (κ1) is 12.0. The highest BCUT2D eigenvalue weighted by Crippen LogP contribution is 2.32. The molecule has 1 aromatic rings. The second-order valence-electron chi connectivity index (χ2n) is 4.29. The summed E-state index contributed by atoms with van der Waals surface area (Å²) >= 11 is 12.1. The van der Waals surface area contributed by atoms with Gasteiger partial charge in [-0.2, -0.15) is 0 Å². The van der Waals surface area contributed by atoms with E-state index in [1.54, 1.807) is 6.07 Å². The minimum Gasteiger partial charge on any atom is -0.385 e. The van der Waals surface area contributed by atoms with Crippen LogP contribution in [0.4, 0.5) is 0 Å². The molecule has 0 aromatic heterocycles. The van der Waals surface area contributed by atoms with Gasteiger partial charge in [0.15, 0.2) is 0 Å². The number of rotatable bonds is 2. The van der Waals surface area contributed by atoms with Crippen LogP contribution in [0.3, 0.4) is 0 Å². The highest BCUT2D eigenvalue weighted by Gasteiger charge is 2.26. The fourth-order valence-corrected chi connectivity index (χ4v) is 2.46. The quantitative estimate of drug-likeness (QED) is 0.794. The summed E-state index contributed by atoms with van der Waals surface area (Å²) in [5, 5.41) is 11.4. The maximum atomic E-state index is 10.4. The molecule has 3 heteroatoms. The molecular formula is C13H14Cl2O. The van der Waals surface area contributed by atoms with Gasteiger partial charge >= 0.3 is 0 Å². The first-order valence-electron chi connectivity index (χ1n) is 5.44. The van der Waals surface area contributed by atoms with Crippen molar-refractivity contribution >= 4 is 23.2 Å². The smallest absolute Gasteiger partial charge is 0.0868 e. The monoisotopic (exact) mass is 256 g/mol. The van der Waals surface area contributed by atoms with Crippen LogP contribution in [0.2, 0.25) is 10.0 Å². The topological polar surface area (TPSA) is 20.2 Å². The number of halogens is 2. The second kappa shape index (κ2) is 4.79. The van der Waals surface area contributed by atoms with E-state index in [2.05, 4.69) is 0 Å². The Labute approximate surface area is 106 Å². The Morgan fingerprint density at radius 2 is 2.12 bits per heavy atom. The van der Waals surface area contributed by atoms with Gasteiger partial charge in [0, 0.05) is 6.42 Å². The van der Waals surface area contributed by atoms with Crippen molar-refractivity contribution in [1.82, 2.24) is 0 Å². The number of hydrogen-bond acceptors (Lipinski definition) is 1. The van der Waals surface area contributed by atoms with Crippen molar-refractivity contribution in [2.24, 2.45) is 0 Å². The van der Waals surface area contributed by atoms with Crippen LogP contribution in [-0.4, -0.2) is 10.7 Å². The molecular weight excluding hydrogens is 243 g/mol. The molecule has 0 spiro atoms. The molecule has 1 atom stereocenters. The third-order valence-electron chi connectivity index (χ3n) is 2.94. The number of allylic oxidation sites excluding steroid dienone is 1. The Kier molecular flexibility index (Phi) is 3.58. The Hall–Kier alpha value is -0.500. The lowest BCUT2D eigenvalue weighted by molar-refractivity contribution is 0.0751.